The summed E-state index contributed by atoms with van der Waals surface area (Å²) in [7, 11) is 0. The minimum absolute atomic E-state index is 0. The molecule has 0 atom stereocenters. The highest BCUT2D eigenvalue weighted by Crippen LogP contribution is 2.18. The normalized spacial score (nSPS) is 10.6. The topological polar surface area (TPSA) is 82.2 Å². The molecule has 3 N–H and O–H groups in total. The smallest absolute Gasteiger partial charge is 0.224 e. The van der Waals surface area contributed by atoms with Crippen molar-refractivity contribution in [3.8, 4) is 5.75 Å². The summed E-state index contributed by atoms with van der Waals surface area (Å²) in [4.78, 5) is 12.3. The van der Waals surface area contributed by atoms with Crippen molar-refractivity contribution >= 4 is 24.0 Å². The number of halogens is 1. The summed E-state index contributed by atoms with van der Waals surface area (Å²) in [5.74, 6) is 1.29. The van der Waals surface area contributed by atoms with Crippen LogP contribution in [-0.2, 0) is 17.8 Å². The van der Waals surface area contributed by atoms with Crippen LogP contribution in [0.3, 0.4) is 0 Å². The molecule has 27 heavy (non-hydrogen) atoms. The third-order valence-electron chi connectivity index (χ3n) is 4.20. The van der Waals surface area contributed by atoms with E-state index in [1.807, 2.05) is 35.9 Å². The van der Waals surface area contributed by atoms with Gasteiger partial charge in [0, 0.05) is 30.9 Å². The standard InChI is InChI=1S/C20H30N4O2.ClH/c1-14(2)13-24-16(4)19(15(3)23-24)9-10-20(25)22-17-5-7-18(8-6-17)26-12-11-21;/h5-8,14H,9-13,21H2,1-4H3,(H,22,25);1H. The number of anilines is 1. The fourth-order valence-electron chi connectivity index (χ4n) is 2.89. The van der Waals surface area contributed by atoms with E-state index in [-0.39, 0.29) is 18.3 Å². The molecule has 0 unspecified atom stereocenters. The number of aryl methyl sites for hydroxylation is 1. The second-order valence-corrected chi connectivity index (χ2v) is 6.94. The SMILES string of the molecule is Cc1nn(CC(C)C)c(C)c1CCC(=O)Nc1ccc(OCCN)cc1.Cl. The van der Waals surface area contributed by atoms with Crippen LogP contribution in [0, 0.1) is 19.8 Å². The second-order valence-electron chi connectivity index (χ2n) is 6.94. The lowest BCUT2D eigenvalue weighted by atomic mass is 10.1. The molecule has 0 aliphatic carbocycles. The average molecular weight is 395 g/mol. The number of nitrogens with two attached hydrogens (primary N) is 1. The highest BCUT2D eigenvalue weighted by atomic mass is 35.5. The van der Waals surface area contributed by atoms with Crippen LogP contribution in [0.5, 0.6) is 5.75 Å². The number of amides is 1. The van der Waals surface area contributed by atoms with Crippen molar-refractivity contribution in [2.75, 3.05) is 18.5 Å². The van der Waals surface area contributed by atoms with E-state index in [9.17, 15) is 4.79 Å². The Bertz CT molecular complexity index is 726. The molecule has 1 aromatic heterocycles. The molecule has 1 amide bonds. The minimum atomic E-state index is -0.00367. The van der Waals surface area contributed by atoms with Crippen LogP contribution in [-0.4, -0.2) is 28.8 Å². The third kappa shape index (κ3) is 6.88. The second kappa shape index (κ2) is 10.9. The maximum Gasteiger partial charge on any atom is 0.224 e. The summed E-state index contributed by atoms with van der Waals surface area (Å²) < 4.78 is 7.48. The molecule has 150 valence electrons. The Morgan fingerprint density at radius 2 is 1.93 bits per heavy atom. The van der Waals surface area contributed by atoms with E-state index in [0.717, 1.165) is 29.4 Å². The molecule has 1 heterocycles. The van der Waals surface area contributed by atoms with Gasteiger partial charge in [-0.1, -0.05) is 13.8 Å². The fraction of sp³-hybridized carbons (Fsp3) is 0.500. The largest absolute Gasteiger partial charge is 0.492 e. The van der Waals surface area contributed by atoms with Gasteiger partial charge in [0.15, 0.2) is 0 Å². The molecule has 1 aromatic carbocycles. The molecule has 0 aliphatic heterocycles. The number of hydrogen-bond donors (Lipinski definition) is 2. The van der Waals surface area contributed by atoms with Crippen molar-refractivity contribution < 1.29 is 9.53 Å². The molecule has 0 fully saturated rings. The Labute approximate surface area is 167 Å². The van der Waals surface area contributed by atoms with Crippen LogP contribution in [0.15, 0.2) is 24.3 Å². The van der Waals surface area contributed by atoms with Gasteiger partial charge < -0.3 is 15.8 Å². The Balaban J connectivity index is 0.00000364. The van der Waals surface area contributed by atoms with Crippen LogP contribution in [0.4, 0.5) is 5.69 Å². The number of aromatic nitrogens is 2. The van der Waals surface area contributed by atoms with Crippen LogP contribution in [0.25, 0.3) is 0 Å². The summed E-state index contributed by atoms with van der Waals surface area (Å²) in [5, 5.41) is 7.54. The van der Waals surface area contributed by atoms with Crippen molar-refractivity contribution in [3.63, 3.8) is 0 Å². The number of benzene rings is 1. The average Bonchev–Trinajstić information content (AvgIpc) is 2.85. The van der Waals surface area contributed by atoms with Gasteiger partial charge in [-0.3, -0.25) is 9.48 Å². The van der Waals surface area contributed by atoms with Gasteiger partial charge in [0.05, 0.1) is 5.69 Å². The van der Waals surface area contributed by atoms with Gasteiger partial charge in [-0.25, -0.2) is 0 Å². The quantitative estimate of drug-likeness (QED) is 0.682. The zero-order valence-electron chi connectivity index (χ0n) is 16.6. The van der Waals surface area contributed by atoms with Gasteiger partial charge in [0.2, 0.25) is 5.91 Å². The molecule has 7 heteroatoms. The molecule has 0 saturated carbocycles. The molecule has 0 radical (unpaired) electrons. The van der Waals surface area contributed by atoms with Crippen LogP contribution >= 0.6 is 12.4 Å². The number of nitrogens with one attached hydrogen (secondary N) is 1. The monoisotopic (exact) mass is 394 g/mol. The van der Waals surface area contributed by atoms with Gasteiger partial charge in [-0.15, -0.1) is 12.4 Å². The zero-order valence-corrected chi connectivity index (χ0v) is 17.4. The molecule has 0 spiro atoms. The molecule has 2 aromatic rings. The van der Waals surface area contributed by atoms with Gasteiger partial charge in [-0.05, 0) is 56.0 Å². The first-order valence-electron chi connectivity index (χ1n) is 9.16. The van der Waals surface area contributed by atoms with Crippen molar-refractivity contribution in [1.82, 2.24) is 9.78 Å². The molecule has 0 aliphatic rings. The van der Waals surface area contributed by atoms with Crippen molar-refractivity contribution in [3.05, 3.63) is 41.2 Å². The number of carbonyl (C=O) groups is 1. The maximum absolute atomic E-state index is 12.3. The van der Waals surface area contributed by atoms with E-state index >= 15 is 0 Å². The van der Waals surface area contributed by atoms with Crippen molar-refractivity contribution in [1.29, 1.82) is 0 Å². The van der Waals surface area contributed by atoms with Gasteiger partial charge >= 0.3 is 0 Å². The summed E-state index contributed by atoms with van der Waals surface area (Å²) in [6.45, 7) is 10.3. The van der Waals surface area contributed by atoms with E-state index in [1.54, 1.807) is 0 Å². The van der Waals surface area contributed by atoms with Gasteiger partial charge in [0.1, 0.15) is 12.4 Å². The number of ether oxygens (including phenoxy) is 1. The summed E-state index contributed by atoms with van der Waals surface area (Å²) in [6.07, 6.45) is 1.12. The van der Waals surface area contributed by atoms with Crippen LogP contribution in [0.2, 0.25) is 0 Å². The van der Waals surface area contributed by atoms with Crippen molar-refractivity contribution in [2.45, 2.75) is 47.1 Å². The maximum atomic E-state index is 12.3. The van der Waals surface area contributed by atoms with Crippen LogP contribution in [0.1, 0.15) is 37.2 Å². The minimum Gasteiger partial charge on any atom is -0.492 e. The Morgan fingerprint density at radius 1 is 1.26 bits per heavy atom. The molecule has 6 nitrogen and oxygen atoms in total. The van der Waals surface area contributed by atoms with Crippen LogP contribution < -0.4 is 15.8 Å². The first-order chi connectivity index (χ1) is 12.4. The number of carbonyl (C=O) groups excluding carboxylic acids is 1. The molecule has 0 saturated heterocycles. The molecule has 0 bridgehead atoms. The summed E-state index contributed by atoms with van der Waals surface area (Å²) >= 11 is 0. The van der Waals surface area contributed by atoms with E-state index in [0.29, 0.717) is 31.9 Å². The Hall–Kier alpha value is -2.05. The third-order valence-corrected chi connectivity index (χ3v) is 4.20. The highest BCUT2D eigenvalue weighted by molar-refractivity contribution is 5.90. The molecule has 2 rings (SSSR count). The Kier molecular flexibility index (Phi) is 9.32. The lowest BCUT2D eigenvalue weighted by Crippen LogP contribution is -2.13. The number of rotatable bonds is 9. The summed E-state index contributed by atoms with van der Waals surface area (Å²) in [6, 6.07) is 7.33. The zero-order chi connectivity index (χ0) is 19.1. The summed E-state index contributed by atoms with van der Waals surface area (Å²) in [5.41, 5.74) is 9.52. The predicted molar refractivity (Wildman–Crippen MR) is 112 cm³/mol. The van der Waals surface area contributed by atoms with Gasteiger partial charge in [0.25, 0.3) is 0 Å². The molecular formula is C20H31ClN4O2. The molecular weight excluding hydrogens is 364 g/mol. The first kappa shape index (κ1) is 23.0. The fourth-order valence-corrected chi connectivity index (χ4v) is 2.89. The van der Waals surface area contributed by atoms with E-state index < -0.39 is 0 Å². The van der Waals surface area contributed by atoms with E-state index in [2.05, 4.69) is 31.2 Å². The lowest BCUT2D eigenvalue weighted by Gasteiger charge is -2.09. The number of hydrogen-bond acceptors (Lipinski definition) is 4. The first-order valence-corrected chi connectivity index (χ1v) is 9.16. The van der Waals surface area contributed by atoms with Gasteiger partial charge in [-0.2, -0.15) is 5.10 Å². The number of nitrogens with zero attached hydrogens (tertiary/aromatic N) is 2. The van der Waals surface area contributed by atoms with Crippen molar-refractivity contribution in [2.24, 2.45) is 11.7 Å². The highest BCUT2D eigenvalue weighted by Gasteiger charge is 2.14. The Morgan fingerprint density at radius 3 is 2.52 bits per heavy atom. The predicted octanol–water partition coefficient (Wildman–Crippen LogP) is 3.49. The van der Waals surface area contributed by atoms with E-state index in [1.165, 1.54) is 5.56 Å². The van der Waals surface area contributed by atoms with E-state index in [4.69, 9.17) is 10.5 Å². The lowest BCUT2D eigenvalue weighted by molar-refractivity contribution is -0.116.